The van der Waals surface area contributed by atoms with Crippen LogP contribution in [0.5, 0.6) is 0 Å². The van der Waals surface area contributed by atoms with Crippen molar-refractivity contribution in [2.75, 3.05) is 51.7 Å². The molecule has 4 atom stereocenters. The lowest BCUT2D eigenvalue weighted by Crippen LogP contribution is -2.62. The number of nitro groups is 1. The summed E-state index contributed by atoms with van der Waals surface area (Å²) in [5, 5.41) is 58.4. The molecule has 0 amide bonds. The first-order valence-electron chi connectivity index (χ1n) is 12.2. The summed E-state index contributed by atoms with van der Waals surface area (Å²) in [4.78, 5) is 13.1. The second kappa shape index (κ2) is 12.7. The Bertz CT molecular complexity index is 799. The van der Waals surface area contributed by atoms with Crippen molar-refractivity contribution < 1.29 is 25.3 Å². The summed E-state index contributed by atoms with van der Waals surface area (Å²) >= 11 is 0. The quantitative estimate of drug-likeness (QED) is 0.161. The van der Waals surface area contributed by atoms with E-state index in [0.717, 1.165) is 50.8 Å². The largest absolute Gasteiger partial charge is 0.395 e. The van der Waals surface area contributed by atoms with E-state index in [-0.39, 0.29) is 23.8 Å². The monoisotopic (exact) mass is 481 g/mol. The number of anilines is 1. The average molecular weight is 482 g/mol. The van der Waals surface area contributed by atoms with Gasteiger partial charge in [-0.05, 0) is 37.4 Å². The van der Waals surface area contributed by atoms with Crippen LogP contribution < -0.4 is 5.32 Å². The predicted molar refractivity (Wildman–Crippen MR) is 128 cm³/mol. The molecule has 2 aliphatic heterocycles. The van der Waals surface area contributed by atoms with Gasteiger partial charge >= 0.3 is 0 Å². The summed E-state index contributed by atoms with van der Waals surface area (Å²) in [5.74, 6) is 0. The number of hydrogen-bond donors (Lipinski definition) is 5. The van der Waals surface area contributed by atoms with E-state index < -0.39 is 24.4 Å². The molecule has 2 saturated heterocycles. The van der Waals surface area contributed by atoms with Crippen molar-refractivity contribution in [3.8, 4) is 0 Å². The molecule has 0 aromatic heterocycles. The van der Waals surface area contributed by atoms with Crippen LogP contribution in [0.15, 0.2) is 18.2 Å². The standard InChI is InChI=1S/C23H39N5O6/c1-25-10-6-12-27(25)14-17-7-8-18(19(13-17)28(33)34)24-9-4-2-3-5-11-26-15-21(30)23(32)22(31)20(26)16-29/h7-8,13,20-24,29-32H,2-6,9-12,14-16H2,1H3/t20-,21+,22-,23-/m1/s1. The first-order valence-corrected chi connectivity index (χ1v) is 12.2. The summed E-state index contributed by atoms with van der Waals surface area (Å²) in [6.07, 6.45) is 1.18. The Hall–Kier alpha value is -1.86. The minimum atomic E-state index is -1.24. The molecule has 11 heteroatoms. The van der Waals surface area contributed by atoms with Crippen molar-refractivity contribution in [1.29, 1.82) is 0 Å². The minimum absolute atomic E-state index is 0.0961. The predicted octanol–water partition coefficient (Wildman–Crippen LogP) is 0.379. The molecule has 0 spiro atoms. The third-order valence-corrected chi connectivity index (χ3v) is 6.91. The number of β-amino-alcohol motifs (C(OH)–C–C–N with tert-alkyl or cyclic N) is 1. The third kappa shape index (κ3) is 6.85. The number of nitro benzene ring substituents is 1. The maximum absolute atomic E-state index is 11.6. The fourth-order valence-electron chi connectivity index (χ4n) is 4.83. The van der Waals surface area contributed by atoms with Gasteiger partial charge in [0.2, 0.25) is 0 Å². The van der Waals surface area contributed by atoms with Crippen LogP contribution in [0.25, 0.3) is 0 Å². The van der Waals surface area contributed by atoms with Gasteiger partial charge in [0.15, 0.2) is 0 Å². The molecular formula is C23H39N5O6. The van der Waals surface area contributed by atoms with Crippen molar-refractivity contribution >= 4 is 11.4 Å². The lowest BCUT2D eigenvalue weighted by molar-refractivity contribution is -0.384. The van der Waals surface area contributed by atoms with Gasteiger partial charge in [-0.3, -0.25) is 15.0 Å². The molecule has 3 rings (SSSR count). The van der Waals surface area contributed by atoms with Gasteiger partial charge in [-0.1, -0.05) is 18.9 Å². The fraction of sp³-hybridized carbons (Fsp3) is 0.739. The van der Waals surface area contributed by atoms with E-state index in [9.17, 15) is 30.5 Å². The zero-order valence-corrected chi connectivity index (χ0v) is 19.9. The first-order chi connectivity index (χ1) is 16.3. The zero-order valence-electron chi connectivity index (χ0n) is 19.9. The van der Waals surface area contributed by atoms with Crippen molar-refractivity contribution in [2.24, 2.45) is 0 Å². The van der Waals surface area contributed by atoms with E-state index in [1.807, 2.05) is 18.0 Å². The highest BCUT2D eigenvalue weighted by atomic mass is 16.6. The van der Waals surface area contributed by atoms with Gasteiger partial charge in [-0.15, -0.1) is 0 Å². The average Bonchev–Trinajstić information content (AvgIpc) is 3.21. The topological polar surface area (TPSA) is 146 Å². The molecule has 0 saturated carbocycles. The van der Waals surface area contributed by atoms with E-state index in [1.54, 1.807) is 12.1 Å². The highest BCUT2D eigenvalue weighted by Crippen LogP contribution is 2.27. The van der Waals surface area contributed by atoms with Crippen LogP contribution >= 0.6 is 0 Å². The molecule has 1 aromatic carbocycles. The van der Waals surface area contributed by atoms with Crippen LogP contribution in [0.3, 0.4) is 0 Å². The molecule has 0 radical (unpaired) electrons. The number of hydrazine groups is 1. The van der Waals surface area contributed by atoms with Crippen LogP contribution in [-0.2, 0) is 6.54 Å². The van der Waals surface area contributed by atoms with Gasteiger partial charge < -0.3 is 25.7 Å². The summed E-state index contributed by atoms with van der Waals surface area (Å²) in [5.41, 5.74) is 1.55. The summed E-state index contributed by atoms with van der Waals surface area (Å²) < 4.78 is 0. The number of benzene rings is 1. The molecule has 192 valence electrons. The Kier molecular flexibility index (Phi) is 10.0. The number of nitrogens with one attached hydrogen (secondary N) is 1. The number of piperidine rings is 1. The normalized spacial score (nSPS) is 26.7. The Labute approximate surface area is 200 Å². The van der Waals surface area contributed by atoms with E-state index in [1.165, 1.54) is 0 Å². The Morgan fingerprint density at radius 2 is 1.88 bits per heavy atom. The lowest BCUT2D eigenvalue weighted by Gasteiger charge is -2.43. The van der Waals surface area contributed by atoms with Crippen LogP contribution in [0.2, 0.25) is 0 Å². The highest BCUT2D eigenvalue weighted by molar-refractivity contribution is 5.62. The molecule has 2 fully saturated rings. The maximum Gasteiger partial charge on any atom is 0.292 e. The molecule has 0 unspecified atom stereocenters. The number of rotatable bonds is 12. The molecule has 5 N–H and O–H groups in total. The van der Waals surface area contributed by atoms with Crippen LogP contribution in [0.4, 0.5) is 11.4 Å². The molecule has 0 bridgehead atoms. The number of aliphatic hydroxyl groups excluding tert-OH is 4. The molecule has 2 heterocycles. The number of unbranched alkanes of at least 4 members (excludes halogenated alkanes) is 3. The highest BCUT2D eigenvalue weighted by Gasteiger charge is 2.40. The van der Waals surface area contributed by atoms with Gasteiger partial charge in [0.05, 0.1) is 23.7 Å². The molecule has 11 nitrogen and oxygen atoms in total. The fourth-order valence-corrected chi connectivity index (χ4v) is 4.83. The van der Waals surface area contributed by atoms with E-state index >= 15 is 0 Å². The van der Waals surface area contributed by atoms with Gasteiger partial charge in [0.25, 0.3) is 5.69 Å². The number of aliphatic hydroxyl groups is 4. The number of likely N-dealkylation sites (tertiary alicyclic amines) is 1. The van der Waals surface area contributed by atoms with Crippen LogP contribution in [0.1, 0.15) is 37.7 Å². The summed E-state index contributed by atoms with van der Waals surface area (Å²) in [6.45, 7) is 3.82. The third-order valence-electron chi connectivity index (χ3n) is 6.91. The van der Waals surface area contributed by atoms with Crippen LogP contribution in [0, 0.1) is 10.1 Å². The van der Waals surface area contributed by atoms with Crippen LogP contribution in [-0.4, -0.2) is 111 Å². The second-order valence-electron chi connectivity index (χ2n) is 9.37. The Balaban J connectivity index is 1.39. The van der Waals surface area contributed by atoms with E-state index in [0.29, 0.717) is 25.3 Å². The molecule has 0 aliphatic carbocycles. The zero-order chi connectivity index (χ0) is 24.7. The Morgan fingerprint density at radius 3 is 2.56 bits per heavy atom. The number of hydrogen-bond acceptors (Lipinski definition) is 10. The van der Waals surface area contributed by atoms with Gasteiger partial charge in [0, 0.05) is 45.8 Å². The molecule has 34 heavy (non-hydrogen) atoms. The van der Waals surface area contributed by atoms with Crippen molar-refractivity contribution in [3.63, 3.8) is 0 Å². The molecule has 2 aliphatic rings. The van der Waals surface area contributed by atoms with E-state index in [4.69, 9.17) is 0 Å². The van der Waals surface area contributed by atoms with E-state index in [2.05, 4.69) is 15.3 Å². The van der Waals surface area contributed by atoms with Crippen molar-refractivity contribution in [3.05, 3.63) is 33.9 Å². The number of nitrogens with zero attached hydrogens (tertiary/aromatic N) is 4. The minimum Gasteiger partial charge on any atom is -0.395 e. The molecular weight excluding hydrogens is 442 g/mol. The summed E-state index contributed by atoms with van der Waals surface area (Å²) in [7, 11) is 2.03. The van der Waals surface area contributed by atoms with Crippen molar-refractivity contribution in [1.82, 2.24) is 14.9 Å². The van der Waals surface area contributed by atoms with Gasteiger partial charge in [-0.2, -0.15) is 0 Å². The maximum atomic E-state index is 11.6. The van der Waals surface area contributed by atoms with Crippen molar-refractivity contribution in [2.45, 2.75) is 63.0 Å². The summed E-state index contributed by atoms with van der Waals surface area (Å²) in [6, 6.07) is 4.82. The van der Waals surface area contributed by atoms with Gasteiger partial charge in [0.1, 0.15) is 17.9 Å². The SMILES string of the molecule is CN1CCCN1Cc1ccc(NCCCCCCN2C[C@H](O)[C@@H](O)[C@H](O)[C@H]2CO)c([N+](=O)[O-])c1. The first kappa shape index (κ1) is 26.7. The smallest absolute Gasteiger partial charge is 0.292 e. The second-order valence-corrected chi connectivity index (χ2v) is 9.37. The van der Waals surface area contributed by atoms with Gasteiger partial charge in [-0.25, -0.2) is 10.0 Å². The molecule has 1 aromatic rings. The Morgan fingerprint density at radius 1 is 1.12 bits per heavy atom. The lowest BCUT2D eigenvalue weighted by atomic mass is 9.94.